The normalized spacial score (nSPS) is 14.5. The van der Waals surface area contributed by atoms with Crippen LogP contribution in [0.15, 0.2) is 54.6 Å². The smallest absolute Gasteiger partial charge is 0.185 e. The molecule has 0 bridgehead atoms. The van der Waals surface area contributed by atoms with Crippen molar-refractivity contribution in [2.24, 2.45) is 0 Å². The van der Waals surface area contributed by atoms with Crippen LogP contribution in [0.1, 0.15) is 21.5 Å². The van der Waals surface area contributed by atoms with Gasteiger partial charge in [-0.05, 0) is 35.9 Å². The zero-order valence-corrected chi connectivity index (χ0v) is 13.3. The summed E-state index contributed by atoms with van der Waals surface area (Å²) in [5.41, 5.74) is 3.13. The van der Waals surface area contributed by atoms with Crippen LogP contribution in [0.2, 0.25) is 0 Å². The topological polar surface area (TPSA) is 53.3 Å². The number of carbonyl (C=O) groups is 1. The Hall–Kier alpha value is -2.90. The Morgan fingerprint density at radius 1 is 1.12 bits per heavy atom. The van der Waals surface area contributed by atoms with Gasteiger partial charge in [-0.25, -0.2) is 0 Å². The van der Waals surface area contributed by atoms with E-state index in [-0.39, 0.29) is 5.78 Å². The minimum absolute atomic E-state index is 0.0486. The van der Waals surface area contributed by atoms with Crippen LogP contribution in [0.5, 0.6) is 0 Å². The molecule has 0 amide bonds. The Labute approximate surface area is 141 Å². The van der Waals surface area contributed by atoms with Crippen molar-refractivity contribution in [2.45, 2.75) is 0 Å². The average molecular weight is 318 g/mol. The number of morpholine rings is 1. The van der Waals surface area contributed by atoms with Crippen molar-refractivity contribution in [3.63, 3.8) is 0 Å². The first-order valence-corrected chi connectivity index (χ1v) is 7.91. The summed E-state index contributed by atoms with van der Waals surface area (Å²) in [7, 11) is 0. The molecule has 0 aromatic heterocycles. The van der Waals surface area contributed by atoms with Crippen LogP contribution in [0.4, 0.5) is 5.69 Å². The number of ether oxygens (including phenoxy) is 1. The van der Waals surface area contributed by atoms with Crippen molar-refractivity contribution in [3.05, 3.63) is 71.3 Å². The molecule has 0 aliphatic carbocycles. The second kappa shape index (κ2) is 7.58. The molecule has 3 rings (SSSR count). The fourth-order valence-corrected chi connectivity index (χ4v) is 2.66. The van der Waals surface area contributed by atoms with Gasteiger partial charge in [0.05, 0.1) is 24.8 Å². The first-order chi connectivity index (χ1) is 11.8. The summed E-state index contributed by atoms with van der Waals surface area (Å²) in [6.07, 6.45) is 3.29. The third kappa shape index (κ3) is 3.89. The number of anilines is 1. The molecule has 1 aliphatic heterocycles. The summed E-state index contributed by atoms with van der Waals surface area (Å²) in [4.78, 5) is 14.6. The van der Waals surface area contributed by atoms with Crippen LogP contribution in [0.25, 0.3) is 6.08 Å². The highest BCUT2D eigenvalue weighted by molar-refractivity contribution is 6.07. The van der Waals surface area contributed by atoms with Gasteiger partial charge in [0.2, 0.25) is 0 Å². The van der Waals surface area contributed by atoms with Crippen LogP contribution >= 0.6 is 0 Å². The van der Waals surface area contributed by atoms with E-state index in [4.69, 9.17) is 10.00 Å². The number of ketones is 1. The predicted molar refractivity (Wildman–Crippen MR) is 94.0 cm³/mol. The highest BCUT2D eigenvalue weighted by Crippen LogP contribution is 2.18. The van der Waals surface area contributed by atoms with Gasteiger partial charge in [0, 0.05) is 24.3 Å². The molecular weight excluding hydrogens is 300 g/mol. The summed E-state index contributed by atoms with van der Waals surface area (Å²) >= 11 is 0. The van der Waals surface area contributed by atoms with Crippen LogP contribution in [0.3, 0.4) is 0 Å². The van der Waals surface area contributed by atoms with Gasteiger partial charge in [0.1, 0.15) is 0 Å². The molecule has 4 nitrogen and oxygen atoms in total. The summed E-state index contributed by atoms with van der Waals surface area (Å²) in [5.74, 6) is -0.0486. The molecule has 0 saturated carbocycles. The number of benzene rings is 2. The van der Waals surface area contributed by atoms with Gasteiger partial charge in [-0.2, -0.15) is 5.26 Å². The van der Waals surface area contributed by atoms with E-state index in [2.05, 4.69) is 11.0 Å². The first-order valence-electron chi connectivity index (χ1n) is 7.91. The minimum Gasteiger partial charge on any atom is -0.378 e. The number of carbonyl (C=O) groups excluding carboxylic acids is 1. The van der Waals surface area contributed by atoms with E-state index in [1.54, 1.807) is 24.3 Å². The standard InChI is InChI=1S/C20H18N2O2/c21-15-17-4-1-3-16(13-17)7-8-20(23)18-5-2-6-19(14-18)22-9-11-24-12-10-22/h1-8,13-14H,9-12H2. The molecule has 1 heterocycles. The van der Waals surface area contributed by atoms with E-state index in [9.17, 15) is 4.79 Å². The number of hydrogen-bond donors (Lipinski definition) is 0. The molecule has 0 spiro atoms. The van der Waals surface area contributed by atoms with Gasteiger partial charge in [-0.15, -0.1) is 0 Å². The summed E-state index contributed by atoms with van der Waals surface area (Å²) < 4.78 is 5.36. The summed E-state index contributed by atoms with van der Waals surface area (Å²) in [6, 6.07) is 16.9. The number of rotatable bonds is 4. The molecule has 1 aliphatic rings. The zero-order valence-electron chi connectivity index (χ0n) is 13.3. The Morgan fingerprint density at radius 2 is 1.92 bits per heavy atom. The fourth-order valence-electron chi connectivity index (χ4n) is 2.66. The maximum Gasteiger partial charge on any atom is 0.185 e. The Balaban J connectivity index is 1.75. The lowest BCUT2D eigenvalue weighted by atomic mass is 10.1. The van der Waals surface area contributed by atoms with E-state index >= 15 is 0 Å². The first kappa shape index (κ1) is 16.0. The molecular formula is C20H18N2O2. The molecule has 24 heavy (non-hydrogen) atoms. The predicted octanol–water partition coefficient (Wildman–Crippen LogP) is 3.29. The van der Waals surface area contributed by atoms with E-state index in [0.29, 0.717) is 24.3 Å². The lowest BCUT2D eigenvalue weighted by Crippen LogP contribution is -2.36. The number of allylic oxidation sites excluding steroid dienone is 1. The largest absolute Gasteiger partial charge is 0.378 e. The lowest BCUT2D eigenvalue weighted by molar-refractivity contribution is 0.104. The molecule has 0 radical (unpaired) electrons. The van der Waals surface area contributed by atoms with Gasteiger partial charge in [-0.3, -0.25) is 4.79 Å². The second-order valence-electron chi connectivity index (χ2n) is 5.58. The molecule has 1 fully saturated rings. The summed E-state index contributed by atoms with van der Waals surface area (Å²) in [5, 5.41) is 8.92. The number of hydrogen-bond acceptors (Lipinski definition) is 4. The summed E-state index contributed by atoms with van der Waals surface area (Å²) in [6.45, 7) is 3.11. The van der Waals surface area contributed by atoms with Gasteiger partial charge in [0.25, 0.3) is 0 Å². The van der Waals surface area contributed by atoms with Crippen molar-refractivity contribution in [3.8, 4) is 6.07 Å². The maximum absolute atomic E-state index is 12.4. The molecule has 1 saturated heterocycles. The molecule has 0 N–H and O–H groups in total. The van der Waals surface area contributed by atoms with Crippen LogP contribution in [-0.2, 0) is 4.74 Å². The van der Waals surface area contributed by atoms with Crippen molar-refractivity contribution in [1.29, 1.82) is 5.26 Å². The third-order valence-electron chi connectivity index (χ3n) is 3.95. The Morgan fingerprint density at radius 3 is 2.71 bits per heavy atom. The Kier molecular flexibility index (Phi) is 5.05. The van der Waals surface area contributed by atoms with Gasteiger partial charge < -0.3 is 9.64 Å². The Bertz CT molecular complexity index is 799. The number of nitriles is 1. The third-order valence-corrected chi connectivity index (χ3v) is 3.95. The van der Waals surface area contributed by atoms with Gasteiger partial charge in [0.15, 0.2) is 5.78 Å². The van der Waals surface area contributed by atoms with Gasteiger partial charge >= 0.3 is 0 Å². The van der Waals surface area contributed by atoms with E-state index < -0.39 is 0 Å². The monoisotopic (exact) mass is 318 g/mol. The molecule has 2 aromatic rings. The highest BCUT2D eigenvalue weighted by atomic mass is 16.5. The van der Waals surface area contributed by atoms with Gasteiger partial charge in [-0.1, -0.05) is 30.3 Å². The van der Waals surface area contributed by atoms with E-state index in [1.807, 2.05) is 36.4 Å². The lowest BCUT2D eigenvalue weighted by Gasteiger charge is -2.29. The van der Waals surface area contributed by atoms with Crippen LogP contribution in [0, 0.1) is 11.3 Å². The molecule has 0 atom stereocenters. The maximum atomic E-state index is 12.4. The van der Waals surface area contributed by atoms with Crippen molar-refractivity contribution < 1.29 is 9.53 Å². The zero-order chi connectivity index (χ0) is 16.8. The second-order valence-corrected chi connectivity index (χ2v) is 5.58. The van der Waals surface area contributed by atoms with Crippen LogP contribution in [-0.4, -0.2) is 32.1 Å². The van der Waals surface area contributed by atoms with E-state index in [0.717, 1.165) is 24.3 Å². The van der Waals surface area contributed by atoms with E-state index in [1.165, 1.54) is 0 Å². The molecule has 4 heteroatoms. The quantitative estimate of drug-likeness (QED) is 0.641. The van der Waals surface area contributed by atoms with Crippen LogP contribution < -0.4 is 4.90 Å². The minimum atomic E-state index is -0.0486. The molecule has 120 valence electrons. The van der Waals surface area contributed by atoms with Crippen molar-refractivity contribution in [1.82, 2.24) is 0 Å². The van der Waals surface area contributed by atoms with Crippen molar-refractivity contribution >= 4 is 17.5 Å². The average Bonchev–Trinajstić information content (AvgIpc) is 2.67. The fraction of sp³-hybridized carbons (Fsp3) is 0.200. The molecule has 0 unspecified atom stereocenters. The van der Waals surface area contributed by atoms with Crippen molar-refractivity contribution in [2.75, 3.05) is 31.2 Å². The SMILES string of the molecule is N#Cc1cccc(C=CC(=O)c2cccc(N3CCOCC3)c2)c1. The highest BCUT2D eigenvalue weighted by Gasteiger charge is 2.12. The number of nitrogens with zero attached hydrogens (tertiary/aromatic N) is 2. The molecule has 2 aromatic carbocycles.